The number of aromatic nitrogens is 6. The summed E-state index contributed by atoms with van der Waals surface area (Å²) in [6.45, 7) is 3.91. The van der Waals surface area contributed by atoms with Gasteiger partial charge in [0.15, 0.2) is 0 Å². The van der Waals surface area contributed by atoms with Crippen LogP contribution in [0, 0.1) is 0 Å². The number of fused-ring (bicyclic) bond motifs is 2. The molecule has 8 nitrogen and oxygen atoms in total. The normalized spacial score (nSPS) is 12.1. The van der Waals surface area contributed by atoms with Gasteiger partial charge < -0.3 is 5.11 Å². The second kappa shape index (κ2) is 8.38. The van der Waals surface area contributed by atoms with Crippen molar-refractivity contribution in [1.82, 2.24) is 28.9 Å². The van der Waals surface area contributed by atoms with E-state index in [4.69, 9.17) is 16.6 Å². The molecular formula is C25H25ClN6O2. The van der Waals surface area contributed by atoms with E-state index in [9.17, 15) is 9.90 Å². The van der Waals surface area contributed by atoms with Crippen LogP contribution < -0.4 is 5.69 Å². The number of nitrogens with zero attached hydrogens (tertiary/aromatic N) is 6. The SMILES string of the molecule is Cn1c(=O)n(CCC(C)(C)O)c2cc(Cc3nc(-n4ncc5ccccc54)ncc3Cl)ccc21. The summed E-state index contributed by atoms with van der Waals surface area (Å²) < 4.78 is 5.03. The first-order valence-electron chi connectivity index (χ1n) is 11.1. The largest absolute Gasteiger partial charge is 0.390 e. The highest BCUT2D eigenvalue weighted by Gasteiger charge is 2.17. The highest BCUT2D eigenvalue weighted by molar-refractivity contribution is 6.31. The molecule has 0 radical (unpaired) electrons. The van der Waals surface area contributed by atoms with Gasteiger partial charge in [0, 0.05) is 25.4 Å². The molecule has 5 aromatic rings. The van der Waals surface area contributed by atoms with Crippen LogP contribution in [-0.4, -0.2) is 39.6 Å². The van der Waals surface area contributed by atoms with E-state index in [0.717, 1.165) is 27.5 Å². The molecule has 5 rings (SSSR count). The molecule has 0 amide bonds. The van der Waals surface area contributed by atoms with Crippen molar-refractivity contribution in [3.8, 4) is 5.95 Å². The molecule has 0 spiro atoms. The zero-order chi connectivity index (χ0) is 24.0. The van der Waals surface area contributed by atoms with Gasteiger partial charge in [0.2, 0.25) is 0 Å². The van der Waals surface area contributed by atoms with Gasteiger partial charge in [0.25, 0.3) is 5.95 Å². The lowest BCUT2D eigenvalue weighted by atomic mass is 10.1. The van der Waals surface area contributed by atoms with Crippen LogP contribution in [0.5, 0.6) is 0 Å². The fraction of sp³-hybridized carbons (Fsp3) is 0.280. The van der Waals surface area contributed by atoms with Gasteiger partial charge in [-0.05, 0) is 44.0 Å². The molecule has 2 aromatic carbocycles. The Balaban J connectivity index is 1.52. The zero-order valence-corrected chi connectivity index (χ0v) is 20.0. The lowest BCUT2D eigenvalue weighted by Crippen LogP contribution is -2.27. The summed E-state index contributed by atoms with van der Waals surface area (Å²) in [6.07, 6.45) is 4.31. The van der Waals surface area contributed by atoms with E-state index in [1.807, 2.05) is 42.5 Å². The van der Waals surface area contributed by atoms with Crippen LogP contribution in [0.2, 0.25) is 5.02 Å². The molecular weight excluding hydrogens is 452 g/mol. The fourth-order valence-electron chi connectivity index (χ4n) is 4.11. The van der Waals surface area contributed by atoms with E-state index < -0.39 is 5.60 Å². The molecule has 0 atom stereocenters. The van der Waals surface area contributed by atoms with Crippen LogP contribution in [0.15, 0.2) is 59.7 Å². The van der Waals surface area contributed by atoms with Crippen LogP contribution >= 0.6 is 11.6 Å². The number of para-hydroxylation sites is 1. The summed E-state index contributed by atoms with van der Waals surface area (Å²) in [5.74, 6) is 0.448. The van der Waals surface area contributed by atoms with Crippen molar-refractivity contribution in [2.45, 2.75) is 38.8 Å². The number of hydrogen-bond acceptors (Lipinski definition) is 5. The summed E-state index contributed by atoms with van der Waals surface area (Å²) in [7, 11) is 1.76. The number of benzene rings is 2. The van der Waals surface area contributed by atoms with Crippen molar-refractivity contribution < 1.29 is 5.11 Å². The molecule has 3 aromatic heterocycles. The molecule has 0 aliphatic rings. The van der Waals surface area contributed by atoms with Gasteiger partial charge in [-0.25, -0.2) is 14.8 Å². The first-order chi connectivity index (χ1) is 16.2. The molecule has 0 aliphatic heterocycles. The van der Waals surface area contributed by atoms with Crippen molar-refractivity contribution in [2.75, 3.05) is 0 Å². The second-order valence-corrected chi connectivity index (χ2v) is 9.54. The topological polar surface area (TPSA) is 90.8 Å². The lowest BCUT2D eigenvalue weighted by Gasteiger charge is -2.17. The third-order valence-electron chi connectivity index (χ3n) is 6.00. The Kier molecular flexibility index (Phi) is 5.50. The predicted molar refractivity (Wildman–Crippen MR) is 133 cm³/mol. The zero-order valence-electron chi connectivity index (χ0n) is 19.2. The van der Waals surface area contributed by atoms with Crippen molar-refractivity contribution in [2.24, 2.45) is 7.05 Å². The maximum absolute atomic E-state index is 12.8. The minimum Gasteiger partial charge on any atom is -0.390 e. The van der Waals surface area contributed by atoms with E-state index in [0.29, 0.717) is 36.1 Å². The predicted octanol–water partition coefficient (Wildman–Crippen LogP) is 3.87. The van der Waals surface area contributed by atoms with Crippen LogP contribution in [0.4, 0.5) is 0 Å². The molecule has 0 unspecified atom stereocenters. The Morgan fingerprint density at radius 2 is 1.85 bits per heavy atom. The number of aryl methyl sites for hydroxylation is 2. The smallest absolute Gasteiger partial charge is 0.328 e. The Bertz CT molecular complexity index is 1570. The first-order valence-corrected chi connectivity index (χ1v) is 11.4. The van der Waals surface area contributed by atoms with Crippen molar-refractivity contribution in [1.29, 1.82) is 0 Å². The Hall–Kier alpha value is -3.49. The summed E-state index contributed by atoms with van der Waals surface area (Å²) in [6, 6.07) is 13.8. The molecule has 34 heavy (non-hydrogen) atoms. The van der Waals surface area contributed by atoms with Crippen LogP contribution in [0.3, 0.4) is 0 Å². The average Bonchev–Trinajstić information content (AvgIpc) is 3.33. The van der Waals surface area contributed by atoms with Gasteiger partial charge in [0.1, 0.15) is 0 Å². The Morgan fingerprint density at radius 3 is 2.65 bits per heavy atom. The van der Waals surface area contributed by atoms with Crippen molar-refractivity contribution in [3.05, 3.63) is 81.6 Å². The quantitative estimate of drug-likeness (QED) is 0.401. The van der Waals surface area contributed by atoms with Crippen LogP contribution in [0.25, 0.3) is 27.9 Å². The molecule has 0 aliphatic carbocycles. The molecule has 174 valence electrons. The first kappa shape index (κ1) is 22.3. The Morgan fingerprint density at radius 1 is 1.06 bits per heavy atom. The molecule has 0 saturated heterocycles. The maximum Gasteiger partial charge on any atom is 0.328 e. The summed E-state index contributed by atoms with van der Waals surface area (Å²) >= 11 is 6.46. The van der Waals surface area contributed by atoms with Gasteiger partial charge >= 0.3 is 5.69 Å². The van der Waals surface area contributed by atoms with Crippen LogP contribution in [-0.2, 0) is 20.0 Å². The van der Waals surface area contributed by atoms with Crippen LogP contribution in [0.1, 0.15) is 31.5 Å². The van der Waals surface area contributed by atoms with E-state index in [-0.39, 0.29) is 5.69 Å². The summed E-state index contributed by atoms with van der Waals surface area (Å²) in [4.78, 5) is 21.9. The van der Waals surface area contributed by atoms with E-state index in [1.165, 1.54) is 0 Å². The molecule has 0 fully saturated rings. The van der Waals surface area contributed by atoms with Gasteiger partial charge in [-0.15, -0.1) is 0 Å². The fourth-order valence-corrected chi connectivity index (χ4v) is 4.27. The number of halogens is 1. The number of imidazole rings is 1. The van der Waals surface area contributed by atoms with E-state index >= 15 is 0 Å². The van der Waals surface area contributed by atoms with E-state index in [2.05, 4.69) is 10.1 Å². The lowest BCUT2D eigenvalue weighted by molar-refractivity contribution is 0.0662. The molecule has 9 heteroatoms. The van der Waals surface area contributed by atoms with Gasteiger partial charge in [-0.1, -0.05) is 35.9 Å². The Labute approximate surface area is 201 Å². The third kappa shape index (κ3) is 4.10. The maximum atomic E-state index is 12.8. The second-order valence-electron chi connectivity index (χ2n) is 9.14. The van der Waals surface area contributed by atoms with Gasteiger partial charge in [0.05, 0.1) is 45.3 Å². The van der Waals surface area contributed by atoms with Crippen molar-refractivity contribution in [3.63, 3.8) is 0 Å². The highest BCUT2D eigenvalue weighted by Crippen LogP contribution is 2.23. The van der Waals surface area contributed by atoms with Gasteiger partial charge in [-0.3, -0.25) is 9.13 Å². The minimum atomic E-state index is -0.860. The number of hydrogen-bond donors (Lipinski definition) is 1. The molecule has 3 heterocycles. The summed E-state index contributed by atoms with van der Waals surface area (Å²) in [5, 5.41) is 16.0. The van der Waals surface area contributed by atoms with Crippen molar-refractivity contribution >= 4 is 33.5 Å². The number of rotatable bonds is 6. The molecule has 0 saturated carbocycles. The number of aliphatic hydroxyl groups is 1. The monoisotopic (exact) mass is 476 g/mol. The van der Waals surface area contributed by atoms with Gasteiger partial charge in [-0.2, -0.15) is 9.78 Å². The minimum absolute atomic E-state index is 0.107. The standard InChI is InChI=1S/C25H25ClN6O2/c1-25(2,34)10-11-31-22-13-16(8-9-21(22)30(3)24(31)33)12-19-18(26)15-27-23(29-19)32-20-7-5-4-6-17(20)14-28-32/h4-9,13-15,34H,10-12H2,1-3H3. The van der Waals surface area contributed by atoms with E-state index in [1.54, 1.807) is 47.1 Å². The summed E-state index contributed by atoms with van der Waals surface area (Å²) in [5.41, 5.74) is 3.24. The average molecular weight is 477 g/mol. The molecule has 0 bridgehead atoms. The third-order valence-corrected chi connectivity index (χ3v) is 6.32. The molecule has 1 N–H and O–H groups in total. The highest BCUT2D eigenvalue weighted by atomic mass is 35.5.